The van der Waals surface area contributed by atoms with Gasteiger partial charge in [0.15, 0.2) is 0 Å². The second kappa shape index (κ2) is 5.97. The molecular formula is C9H16N4O3S. The van der Waals surface area contributed by atoms with E-state index in [2.05, 4.69) is 11.2 Å². The normalized spacial score (nSPS) is 18.6. The summed E-state index contributed by atoms with van der Waals surface area (Å²) in [6, 6.07) is 0. The van der Waals surface area contributed by atoms with Gasteiger partial charge in [-0.15, -0.1) is 6.42 Å². The van der Waals surface area contributed by atoms with Crippen LogP contribution < -0.4 is 10.5 Å². The zero-order chi connectivity index (χ0) is 12.9. The van der Waals surface area contributed by atoms with Crippen molar-refractivity contribution < 1.29 is 13.2 Å². The van der Waals surface area contributed by atoms with Crippen molar-refractivity contribution in [2.75, 3.05) is 39.3 Å². The number of nitrogens with two attached hydrogens (primary N) is 1. The number of amides is 1. The third kappa shape index (κ3) is 4.70. The average Bonchev–Trinajstić information content (AvgIpc) is 2.26. The van der Waals surface area contributed by atoms with Crippen molar-refractivity contribution in [3.63, 3.8) is 0 Å². The minimum absolute atomic E-state index is 0.160. The number of terminal acetylenes is 1. The molecule has 0 aromatic carbocycles. The molecule has 1 fully saturated rings. The summed E-state index contributed by atoms with van der Waals surface area (Å²) < 4.78 is 23.3. The maximum Gasteiger partial charge on any atom is 0.276 e. The maximum atomic E-state index is 11.3. The summed E-state index contributed by atoms with van der Waals surface area (Å²) in [6.45, 7) is 2.01. The van der Waals surface area contributed by atoms with Crippen LogP contribution in [0, 0.1) is 12.3 Å². The number of rotatable bonds is 4. The smallest absolute Gasteiger partial charge is 0.276 e. The van der Waals surface area contributed by atoms with Gasteiger partial charge in [0.05, 0.1) is 13.1 Å². The van der Waals surface area contributed by atoms with Crippen molar-refractivity contribution in [3.8, 4) is 12.3 Å². The van der Waals surface area contributed by atoms with Crippen molar-refractivity contribution in [1.29, 1.82) is 0 Å². The van der Waals surface area contributed by atoms with Crippen LogP contribution in [-0.4, -0.2) is 62.8 Å². The van der Waals surface area contributed by atoms with Crippen LogP contribution in [0.4, 0.5) is 0 Å². The van der Waals surface area contributed by atoms with Gasteiger partial charge in [-0.05, 0) is 0 Å². The fraction of sp³-hybridized carbons (Fsp3) is 0.667. The minimum Gasteiger partial charge on any atom is -0.344 e. The first-order valence-electron chi connectivity index (χ1n) is 5.14. The molecule has 1 aliphatic heterocycles. The predicted molar refractivity (Wildman–Crippen MR) is 63.0 cm³/mol. The summed E-state index contributed by atoms with van der Waals surface area (Å²) in [6.07, 6.45) is 5.01. The van der Waals surface area contributed by atoms with E-state index < -0.39 is 10.2 Å². The molecule has 0 saturated carbocycles. The fourth-order valence-corrected chi connectivity index (χ4v) is 2.22. The molecular weight excluding hydrogens is 244 g/mol. The molecule has 8 heteroatoms. The van der Waals surface area contributed by atoms with Gasteiger partial charge < -0.3 is 5.32 Å². The Labute approximate surface area is 101 Å². The van der Waals surface area contributed by atoms with Crippen molar-refractivity contribution in [2.45, 2.75) is 0 Å². The molecule has 96 valence electrons. The van der Waals surface area contributed by atoms with E-state index in [0.717, 1.165) is 0 Å². The molecule has 1 heterocycles. The third-order valence-corrected chi connectivity index (χ3v) is 3.53. The third-order valence-electron chi connectivity index (χ3n) is 2.45. The first kappa shape index (κ1) is 13.9. The Balaban J connectivity index is 2.33. The summed E-state index contributed by atoms with van der Waals surface area (Å²) in [5.41, 5.74) is 0. The van der Waals surface area contributed by atoms with Crippen molar-refractivity contribution in [3.05, 3.63) is 0 Å². The molecule has 3 N–H and O–H groups in total. The van der Waals surface area contributed by atoms with Gasteiger partial charge in [-0.25, -0.2) is 5.14 Å². The second-order valence-electron chi connectivity index (χ2n) is 3.70. The largest absolute Gasteiger partial charge is 0.344 e. The van der Waals surface area contributed by atoms with Crippen LogP contribution in [0.15, 0.2) is 0 Å². The standard InChI is InChI=1S/C9H16N4O3S/c1-2-3-11-9(14)8-12-4-6-13(7-5-12)17(10,15)16/h1H,3-8H2,(H,11,14)(H2,10,15,16). The average molecular weight is 260 g/mol. The Morgan fingerprint density at radius 3 is 2.41 bits per heavy atom. The highest BCUT2D eigenvalue weighted by Gasteiger charge is 2.24. The Bertz CT molecular complexity index is 406. The molecule has 0 aliphatic carbocycles. The fourth-order valence-electron chi connectivity index (χ4n) is 1.55. The van der Waals surface area contributed by atoms with Gasteiger partial charge in [-0.3, -0.25) is 9.69 Å². The number of hydrogen-bond acceptors (Lipinski definition) is 4. The molecule has 1 saturated heterocycles. The highest BCUT2D eigenvalue weighted by atomic mass is 32.2. The molecule has 0 atom stereocenters. The Kier molecular flexibility index (Phi) is 4.89. The molecule has 1 aliphatic rings. The van der Waals surface area contributed by atoms with Crippen LogP contribution in [0.3, 0.4) is 0 Å². The summed E-state index contributed by atoms with van der Waals surface area (Å²) in [5.74, 6) is 2.15. The Hall–Kier alpha value is -1.14. The summed E-state index contributed by atoms with van der Waals surface area (Å²) >= 11 is 0. The van der Waals surface area contributed by atoms with E-state index in [1.807, 2.05) is 4.90 Å². The van der Waals surface area contributed by atoms with E-state index in [9.17, 15) is 13.2 Å². The van der Waals surface area contributed by atoms with E-state index in [0.29, 0.717) is 26.2 Å². The predicted octanol–water partition coefficient (Wildman–Crippen LogP) is -2.44. The molecule has 0 unspecified atom stereocenters. The lowest BCUT2D eigenvalue weighted by atomic mass is 10.3. The van der Waals surface area contributed by atoms with Gasteiger partial charge in [0.25, 0.3) is 10.2 Å². The van der Waals surface area contributed by atoms with Gasteiger partial charge in [0.1, 0.15) is 0 Å². The van der Waals surface area contributed by atoms with E-state index in [-0.39, 0.29) is 19.0 Å². The van der Waals surface area contributed by atoms with Crippen molar-refractivity contribution in [1.82, 2.24) is 14.5 Å². The number of piperazine rings is 1. The lowest BCUT2D eigenvalue weighted by Gasteiger charge is -2.32. The lowest BCUT2D eigenvalue weighted by molar-refractivity contribution is -0.122. The van der Waals surface area contributed by atoms with E-state index in [4.69, 9.17) is 11.6 Å². The number of carbonyl (C=O) groups excluding carboxylic acids is 1. The number of nitrogens with one attached hydrogen (secondary N) is 1. The first-order valence-corrected chi connectivity index (χ1v) is 6.64. The monoisotopic (exact) mass is 260 g/mol. The zero-order valence-electron chi connectivity index (χ0n) is 9.42. The lowest BCUT2D eigenvalue weighted by Crippen LogP contribution is -2.52. The van der Waals surface area contributed by atoms with Crippen LogP contribution in [0.1, 0.15) is 0 Å². The van der Waals surface area contributed by atoms with E-state index in [1.54, 1.807) is 0 Å². The van der Waals surface area contributed by atoms with Gasteiger partial charge in [0.2, 0.25) is 5.91 Å². The molecule has 0 aromatic rings. The highest BCUT2D eigenvalue weighted by Crippen LogP contribution is 2.03. The maximum absolute atomic E-state index is 11.3. The van der Waals surface area contributed by atoms with Crippen LogP contribution in [0.2, 0.25) is 0 Å². The van der Waals surface area contributed by atoms with Gasteiger partial charge >= 0.3 is 0 Å². The van der Waals surface area contributed by atoms with Crippen LogP contribution in [0.25, 0.3) is 0 Å². The van der Waals surface area contributed by atoms with E-state index in [1.165, 1.54) is 4.31 Å². The van der Waals surface area contributed by atoms with E-state index >= 15 is 0 Å². The number of nitrogens with zero attached hydrogens (tertiary/aromatic N) is 2. The summed E-state index contributed by atoms with van der Waals surface area (Å²) in [7, 11) is -3.61. The number of carbonyl (C=O) groups is 1. The quantitative estimate of drug-likeness (QED) is 0.549. The molecule has 0 spiro atoms. The highest BCUT2D eigenvalue weighted by molar-refractivity contribution is 7.86. The molecule has 1 rings (SSSR count). The summed E-state index contributed by atoms with van der Waals surface area (Å²) in [5, 5.41) is 7.55. The molecule has 0 aromatic heterocycles. The Morgan fingerprint density at radius 1 is 1.35 bits per heavy atom. The van der Waals surface area contributed by atoms with Crippen molar-refractivity contribution >= 4 is 16.1 Å². The molecule has 1 amide bonds. The first-order chi connectivity index (χ1) is 7.93. The van der Waals surface area contributed by atoms with Crippen LogP contribution in [-0.2, 0) is 15.0 Å². The van der Waals surface area contributed by atoms with Crippen LogP contribution in [0.5, 0.6) is 0 Å². The van der Waals surface area contributed by atoms with Gasteiger partial charge in [0, 0.05) is 26.2 Å². The summed E-state index contributed by atoms with van der Waals surface area (Å²) in [4.78, 5) is 13.2. The van der Waals surface area contributed by atoms with Crippen molar-refractivity contribution in [2.24, 2.45) is 5.14 Å². The molecule has 0 radical (unpaired) electrons. The van der Waals surface area contributed by atoms with Gasteiger partial charge in [-0.1, -0.05) is 5.92 Å². The zero-order valence-corrected chi connectivity index (χ0v) is 10.2. The molecule has 17 heavy (non-hydrogen) atoms. The number of hydrogen-bond donors (Lipinski definition) is 2. The Morgan fingerprint density at radius 2 is 1.94 bits per heavy atom. The van der Waals surface area contributed by atoms with Crippen LogP contribution >= 0.6 is 0 Å². The van der Waals surface area contributed by atoms with Gasteiger partial charge in [-0.2, -0.15) is 12.7 Å². The topological polar surface area (TPSA) is 95.7 Å². The second-order valence-corrected chi connectivity index (χ2v) is 5.25. The molecule has 0 bridgehead atoms. The molecule has 7 nitrogen and oxygen atoms in total. The SMILES string of the molecule is C#CCNC(=O)CN1CCN(S(N)(=O)=O)CC1. The minimum atomic E-state index is -3.61.